The van der Waals surface area contributed by atoms with Gasteiger partial charge in [-0.2, -0.15) is 0 Å². The summed E-state index contributed by atoms with van der Waals surface area (Å²) in [6.07, 6.45) is 3.05. The van der Waals surface area contributed by atoms with Crippen LogP contribution in [-0.2, 0) is 16.1 Å². The molecule has 0 bridgehead atoms. The van der Waals surface area contributed by atoms with Gasteiger partial charge in [-0.1, -0.05) is 36.4 Å². The van der Waals surface area contributed by atoms with E-state index in [0.717, 1.165) is 16.7 Å². The molecule has 0 saturated heterocycles. The molecule has 8 heteroatoms. The van der Waals surface area contributed by atoms with E-state index < -0.39 is 5.97 Å². The van der Waals surface area contributed by atoms with Crippen LogP contribution in [-0.4, -0.2) is 29.0 Å². The topological polar surface area (TPSA) is 116 Å². The second kappa shape index (κ2) is 10.3. The molecule has 3 aromatic carbocycles. The number of rotatable bonds is 7. The zero-order chi connectivity index (χ0) is 23.9. The maximum absolute atomic E-state index is 12.7. The Balaban J connectivity index is 1.42. The molecule has 0 saturated carbocycles. The number of nitrogens with one attached hydrogen (secondary N) is 1. The fourth-order valence-electron chi connectivity index (χ4n) is 3.25. The third-order valence-electron chi connectivity index (χ3n) is 4.96. The summed E-state index contributed by atoms with van der Waals surface area (Å²) in [5.74, 6) is 0.319. The summed E-state index contributed by atoms with van der Waals surface area (Å²) in [7, 11) is 1.59. The highest BCUT2D eigenvalue weighted by molar-refractivity contribution is 6.06. The van der Waals surface area contributed by atoms with Gasteiger partial charge in [0.15, 0.2) is 12.4 Å². The molecule has 0 fully saturated rings. The van der Waals surface area contributed by atoms with E-state index in [1.807, 2.05) is 36.4 Å². The minimum atomic E-state index is -0.620. The van der Waals surface area contributed by atoms with Crippen molar-refractivity contribution in [2.45, 2.75) is 6.61 Å². The van der Waals surface area contributed by atoms with Crippen LogP contribution in [0.2, 0.25) is 0 Å². The van der Waals surface area contributed by atoms with E-state index in [9.17, 15) is 9.59 Å². The van der Waals surface area contributed by atoms with Gasteiger partial charge >= 0.3 is 5.97 Å². The SMILES string of the molecule is COc1ccc(/C=C/C(=O)Nc2ccccc2C(=O)OCc2nc(N)c3ccccc3n2)cc1. The summed E-state index contributed by atoms with van der Waals surface area (Å²) in [5, 5.41) is 3.44. The third kappa shape index (κ3) is 5.36. The van der Waals surface area contributed by atoms with Crippen molar-refractivity contribution >= 4 is 40.4 Å². The van der Waals surface area contributed by atoms with Gasteiger partial charge in [-0.05, 0) is 48.0 Å². The van der Waals surface area contributed by atoms with Gasteiger partial charge in [0.25, 0.3) is 0 Å². The number of fused-ring (bicyclic) bond motifs is 1. The molecule has 0 aliphatic heterocycles. The average molecular weight is 454 g/mol. The van der Waals surface area contributed by atoms with E-state index >= 15 is 0 Å². The average Bonchev–Trinajstić information content (AvgIpc) is 2.87. The van der Waals surface area contributed by atoms with Crippen molar-refractivity contribution in [3.05, 3.63) is 95.8 Å². The molecule has 0 spiro atoms. The van der Waals surface area contributed by atoms with Crippen LogP contribution >= 0.6 is 0 Å². The van der Waals surface area contributed by atoms with Crippen molar-refractivity contribution in [3.8, 4) is 5.75 Å². The van der Waals surface area contributed by atoms with Crippen LogP contribution in [0.4, 0.5) is 11.5 Å². The van der Waals surface area contributed by atoms with Gasteiger partial charge in [0.05, 0.1) is 23.9 Å². The third-order valence-corrected chi connectivity index (χ3v) is 4.96. The highest BCUT2D eigenvalue weighted by atomic mass is 16.5. The Morgan fingerprint density at radius 3 is 2.50 bits per heavy atom. The zero-order valence-corrected chi connectivity index (χ0v) is 18.4. The molecule has 170 valence electrons. The molecule has 34 heavy (non-hydrogen) atoms. The molecular weight excluding hydrogens is 432 g/mol. The van der Waals surface area contributed by atoms with Gasteiger partial charge in [0.2, 0.25) is 5.91 Å². The predicted octanol–water partition coefficient (Wildman–Crippen LogP) is 4.23. The number of hydrogen-bond acceptors (Lipinski definition) is 7. The van der Waals surface area contributed by atoms with E-state index in [0.29, 0.717) is 17.0 Å². The molecular formula is C26H22N4O4. The minimum Gasteiger partial charge on any atom is -0.497 e. The first-order valence-corrected chi connectivity index (χ1v) is 10.4. The number of nitrogens with two attached hydrogens (primary N) is 1. The Labute approximate surface area is 196 Å². The zero-order valence-electron chi connectivity index (χ0n) is 18.4. The van der Waals surface area contributed by atoms with Gasteiger partial charge in [0, 0.05) is 11.5 Å². The number of ether oxygens (including phenoxy) is 2. The summed E-state index contributed by atoms with van der Waals surface area (Å²) in [5.41, 5.74) is 8.02. The normalized spacial score (nSPS) is 10.9. The Bertz CT molecular complexity index is 1370. The lowest BCUT2D eigenvalue weighted by atomic mass is 10.1. The molecule has 0 atom stereocenters. The quantitative estimate of drug-likeness (QED) is 0.317. The van der Waals surface area contributed by atoms with E-state index in [2.05, 4.69) is 15.3 Å². The number of para-hydroxylation sites is 2. The number of nitrogens with zero attached hydrogens (tertiary/aromatic N) is 2. The molecule has 0 radical (unpaired) electrons. The molecule has 4 aromatic rings. The van der Waals surface area contributed by atoms with Gasteiger partial charge in [-0.15, -0.1) is 0 Å². The number of hydrogen-bond donors (Lipinski definition) is 2. The van der Waals surface area contributed by atoms with Crippen LogP contribution < -0.4 is 15.8 Å². The molecule has 3 N–H and O–H groups in total. The summed E-state index contributed by atoms with van der Waals surface area (Å²) in [6, 6.07) is 21.2. The Morgan fingerprint density at radius 2 is 1.71 bits per heavy atom. The van der Waals surface area contributed by atoms with Gasteiger partial charge in [-0.3, -0.25) is 4.79 Å². The maximum Gasteiger partial charge on any atom is 0.340 e. The maximum atomic E-state index is 12.7. The van der Waals surface area contributed by atoms with Gasteiger partial charge in [-0.25, -0.2) is 14.8 Å². The van der Waals surface area contributed by atoms with Gasteiger partial charge < -0.3 is 20.5 Å². The van der Waals surface area contributed by atoms with Crippen molar-refractivity contribution in [1.29, 1.82) is 0 Å². The number of anilines is 2. The Hall–Kier alpha value is -4.72. The number of aromatic nitrogens is 2. The molecule has 1 aromatic heterocycles. The number of nitrogen functional groups attached to an aromatic ring is 1. The minimum absolute atomic E-state index is 0.159. The molecule has 0 aliphatic rings. The first kappa shape index (κ1) is 22.5. The summed E-state index contributed by atoms with van der Waals surface area (Å²) >= 11 is 0. The van der Waals surface area contributed by atoms with Crippen molar-refractivity contribution in [3.63, 3.8) is 0 Å². The molecule has 0 unspecified atom stereocenters. The summed E-state index contributed by atoms with van der Waals surface area (Å²) in [4.78, 5) is 33.7. The standard InChI is InChI=1S/C26H22N4O4/c1-33-18-13-10-17(11-14-18)12-15-24(31)29-22-9-5-3-7-20(22)26(32)34-16-23-28-21-8-4-2-6-19(21)25(27)30-23/h2-15H,16H2,1H3,(H,29,31)(H2,27,28,30)/b15-12+. The monoisotopic (exact) mass is 454 g/mol. The van der Waals surface area contributed by atoms with Crippen LogP contribution in [0.3, 0.4) is 0 Å². The highest BCUT2D eigenvalue weighted by Crippen LogP contribution is 2.20. The van der Waals surface area contributed by atoms with Crippen LogP contribution in [0.1, 0.15) is 21.7 Å². The smallest absolute Gasteiger partial charge is 0.340 e. The van der Waals surface area contributed by atoms with Crippen molar-refractivity contribution in [2.24, 2.45) is 0 Å². The number of methoxy groups -OCH3 is 1. The number of carbonyl (C=O) groups excluding carboxylic acids is 2. The Morgan fingerprint density at radius 1 is 0.971 bits per heavy atom. The predicted molar refractivity (Wildman–Crippen MR) is 130 cm³/mol. The van der Waals surface area contributed by atoms with E-state index in [4.69, 9.17) is 15.2 Å². The highest BCUT2D eigenvalue weighted by Gasteiger charge is 2.15. The molecule has 1 amide bonds. The van der Waals surface area contributed by atoms with Crippen molar-refractivity contribution in [2.75, 3.05) is 18.2 Å². The fraction of sp³-hybridized carbons (Fsp3) is 0.0769. The molecule has 8 nitrogen and oxygen atoms in total. The lowest BCUT2D eigenvalue weighted by Crippen LogP contribution is -2.14. The van der Waals surface area contributed by atoms with E-state index in [1.165, 1.54) is 6.08 Å². The number of carbonyl (C=O) groups is 2. The summed E-state index contributed by atoms with van der Waals surface area (Å²) < 4.78 is 10.5. The molecule has 1 heterocycles. The first-order valence-electron chi connectivity index (χ1n) is 10.4. The lowest BCUT2D eigenvalue weighted by Gasteiger charge is -2.10. The van der Waals surface area contributed by atoms with Crippen LogP contribution in [0, 0.1) is 0 Å². The fourth-order valence-corrected chi connectivity index (χ4v) is 3.25. The largest absolute Gasteiger partial charge is 0.497 e. The van der Waals surface area contributed by atoms with Crippen LogP contribution in [0.25, 0.3) is 17.0 Å². The molecule has 0 aliphatic carbocycles. The number of amides is 1. The van der Waals surface area contributed by atoms with Gasteiger partial charge in [0.1, 0.15) is 11.6 Å². The lowest BCUT2D eigenvalue weighted by molar-refractivity contribution is -0.111. The summed E-state index contributed by atoms with van der Waals surface area (Å²) in [6.45, 7) is -0.159. The van der Waals surface area contributed by atoms with E-state index in [1.54, 1.807) is 49.6 Å². The molecule has 4 rings (SSSR count). The van der Waals surface area contributed by atoms with Crippen LogP contribution in [0.5, 0.6) is 5.75 Å². The number of benzene rings is 3. The Kier molecular flexibility index (Phi) is 6.78. The van der Waals surface area contributed by atoms with E-state index in [-0.39, 0.29) is 23.9 Å². The van der Waals surface area contributed by atoms with Crippen LogP contribution in [0.15, 0.2) is 78.9 Å². The second-order valence-electron chi connectivity index (χ2n) is 7.26. The van der Waals surface area contributed by atoms with Crippen molar-refractivity contribution in [1.82, 2.24) is 9.97 Å². The van der Waals surface area contributed by atoms with Crippen molar-refractivity contribution < 1.29 is 19.1 Å². The first-order chi connectivity index (χ1) is 16.5. The number of esters is 1. The second-order valence-corrected chi connectivity index (χ2v) is 7.26.